The van der Waals surface area contributed by atoms with E-state index in [0.29, 0.717) is 23.7 Å². The summed E-state index contributed by atoms with van der Waals surface area (Å²) >= 11 is 0. The molecule has 0 saturated heterocycles. The Labute approximate surface area is 164 Å². The molecule has 0 atom stereocenters. The summed E-state index contributed by atoms with van der Waals surface area (Å²) in [6.07, 6.45) is 2.37. The van der Waals surface area contributed by atoms with Crippen molar-refractivity contribution in [2.45, 2.75) is 6.42 Å². The number of nitrogens with one attached hydrogen (secondary N) is 2. The molecule has 3 rings (SSSR count). The number of rotatable bonds is 8. The summed E-state index contributed by atoms with van der Waals surface area (Å²) in [7, 11) is 3.20. The number of ether oxygens (including phenoxy) is 2. The van der Waals surface area contributed by atoms with E-state index >= 15 is 0 Å². The highest BCUT2D eigenvalue weighted by molar-refractivity contribution is 5.93. The standard InChI is InChI=1S/C22H23N3O3/c1-27-18-8-9-19(21(15-18)28-2)25-17-11-13-23-20(14-17)22(26)24-12-10-16-6-4-3-5-7-16/h3-9,11,13-15H,10,12H2,1-2H3,(H,23,25)(H,24,26). The number of pyridine rings is 1. The minimum Gasteiger partial charge on any atom is -0.497 e. The topological polar surface area (TPSA) is 72.5 Å². The highest BCUT2D eigenvalue weighted by Gasteiger charge is 2.10. The van der Waals surface area contributed by atoms with Crippen LogP contribution in [-0.2, 0) is 6.42 Å². The van der Waals surface area contributed by atoms with Crippen LogP contribution in [0.25, 0.3) is 0 Å². The number of carbonyl (C=O) groups excluding carboxylic acids is 1. The van der Waals surface area contributed by atoms with Crippen LogP contribution in [0.1, 0.15) is 16.1 Å². The normalized spacial score (nSPS) is 10.2. The number of benzene rings is 2. The lowest BCUT2D eigenvalue weighted by Gasteiger charge is -2.13. The van der Waals surface area contributed by atoms with Crippen LogP contribution in [0.4, 0.5) is 11.4 Å². The molecule has 0 aliphatic rings. The van der Waals surface area contributed by atoms with Gasteiger partial charge in [-0.15, -0.1) is 0 Å². The van der Waals surface area contributed by atoms with Crippen molar-refractivity contribution in [3.63, 3.8) is 0 Å². The Morgan fingerprint density at radius 1 is 1.00 bits per heavy atom. The molecule has 3 aromatic rings. The van der Waals surface area contributed by atoms with Crippen LogP contribution in [0.5, 0.6) is 11.5 Å². The zero-order valence-corrected chi connectivity index (χ0v) is 15.9. The summed E-state index contributed by atoms with van der Waals surface area (Å²) in [5.41, 5.74) is 3.04. The van der Waals surface area contributed by atoms with Crippen molar-refractivity contribution >= 4 is 17.3 Å². The van der Waals surface area contributed by atoms with Gasteiger partial charge in [-0.3, -0.25) is 9.78 Å². The molecule has 1 amide bonds. The number of hydrogen-bond donors (Lipinski definition) is 2. The molecule has 0 bridgehead atoms. The molecule has 0 spiro atoms. The molecule has 0 aliphatic heterocycles. The van der Waals surface area contributed by atoms with Crippen LogP contribution in [0.15, 0.2) is 66.9 Å². The average molecular weight is 377 g/mol. The number of hydrogen-bond acceptors (Lipinski definition) is 5. The predicted molar refractivity (Wildman–Crippen MR) is 110 cm³/mol. The summed E-state index contributed by atoms with van der Waals surface area (Å²) < 4.78 is 10.6. The van der Waals surface area contributed by atoms with Gasteiger partial charge in [0.25, 0.3) is 5.91 Å². The average Bonchev–Trinajstić information content (AvgIpc) is 2.75. The maximum Gasteiger partial charge on any atom is 0.269 e. The van der Waals surface area contributed by atoms with Crippen LogP contribution >= 0.6 is 0 Å². The fraction of sp³-hybridized carbons (Fsp3) is 0.182. The number of anilines is 2. The van der Waals surface area contributed by atoms with Gasteiger partial charge in [-0.1, -0.05) is 30.3 Å². The maximum absolute atomic E-state index is 12.4. The summed E-state index contributed by atoms with van der Waals surface area (Å²) in [6.45, 7) is 0.550. The van der Waals surface area contributed by atoms with Gasteiger partial charge < -0.3 is 20.1 Å². The van der Waals surface area contributed by atoms with E-state index in [1.165, 1.54) is 5.56 Å². The fourth-order valence-electron chi connectivity index (χ4n) is 2.75. The molecule has 0 radical (unpaired) electrons. The van der Waals surface area contributed by atoms with Crippen molar-refractivity contribution in [2.75, 3.05) is 26.1 Å². The van der Waals surface area contributed by atoms with Gasteiger partial charge in [0.1, 0.15) is 17.2 Å². The summed E-state index contributed by atoms with van der Waals surface area (Å²) in [4.78, 5) is 16.6. The van der Waals surface area contributed by atoms with Gasteiger partial charge in [-0.05, 0) is 36.2 Å². The molecule has 28 heavy (non-hydrogen) atoms. The zero-order chi connectivity index (χ0) is 19.8. The molecule has 2 aromatic carbocycles. The van der Waals surface area contributed by atoms with Gasteiger partial charge in [0.15, 0.2) is 0 Å². The second-order valence-electron chi connectivity index (χ2n) is 6.11. The first-order valence-corrected chi connectivity index (χ1v) is 8.97. The Balaban J connectivity index is 1.64. The van der Waals surface area contributed by atoms with Crippen LogP contribution < -0.4 is 20.1 Å². The number of methoxy groups -OCH3 is 2. The molecule has 144 valence electrons. The highest BCUT2D eigenvalue weighted by Crippen LogP contribution is 2.31. The lowest BCUT2D eigenvalue weighted by Crippen LogP contribution is -2.26. The largest absolute Gasteiger partial charge is 0.497 e. The van der Waals surface area contributed by atoms with Crippen molar-refractivity contribution in [1.82, 2.24) is 10.3 Å². The Morgan fingerprint density at radius 3 is 2.57 bits per heavy atom. The number of amides is 1. The van der Waals surface area contributed by atoms with E-state index in [-0.39, 0.29) is 5.91 Å². The number of aromatic nitrogens is 1. The first-order chi connectivity index (χ1) is 13.7. The lowest BCUT2D eigenvalue weighted by molar-refractivity contribution is 0.0949. The molecule has 1 heterocycles. The van der Waals surface area contributed by atoms with Gasteiger partial charge in [0.2, 0.25) is 0 Å². The highest BCUT2D eigenvalue weighted by atomic mass is 16.5. The van der Waals surface area contributed by atoms with Crippen LogP contribution in [0.2, 0.25) is 0 Å². The quantitative estimate of drug-likeness (QED) is 0.624. The van der Waals surface area contributed by atoms with E-state index < -0.39 is 0 Å². The van der Waals surface area contributed by atoms with Crippen LogP contribution in [-0.4, -0.2) is 31.7 Å². The first kappa shape index (κ1) is 19.2. The second kappa shape index (κ2) is 9.41. The van der Waals surface area contributed by atoms with Crippen LogP contribution in [0.3, 0.4) is 0 Å². The molecule has 1 aromatic heterocycles. The third kappa shape index (κ3) is 5.01. The monoisotopic (exact) mass is 377 g/mol. The molecule has 0 saturated carbocycles. The van der Waals surface area contributed by atoms with Gasteiger partial charge in [-0.25, -0.2) is 0 Å². The zero-order valence-electron chi connectivity index (χ0n) is 15.9. The maximum atomic E-state index is 12.4. The Hall–Kier alpha value is -3.54. The number of nitrogens with zero attached hydrogens (tertiary/aromatic N) is 1. The molecule has 6 heteroatoms. The third-order valence-electron chi connectivity index (χ3n) is 4.22. The minimum absolute atomic E-state index is 0.207. The van der Waals surface area contributed by atoms with Gasteiger partial charge in [0, 0.05) is 24.5 Å². The molecule has 6 nitrogen and oxygen atoms in total. The first-order valence-electron chi connectivity index (χ1n) is 8.97. The Morgan fingerprint density at radius 2 is 1.82 bits per heavy atom. The van der Waals surface area contributed by atoms with Crippen molar-refractivity contribution in [3.05, 3.63) is 78.1 Å². The Kier molecular flexibility index (Phi) is 6.46. The lowest BCUT2D eigenvalue weighted by atomic mass is 10.1. The smallest absolute Gasteiger partial charge is 0.269 e. The van der Waals surface area contributed by atoms with Gasteiger partial charge in [-0.2, -0.15) is 0 Å². The second-order valence-corrected chi connectivity index (χ2v) is 6.11. The third-order valence-corrected chi connectivity index (χ3v) is 4.22. The van der Waals surface area contributed by atoms with E-state index in [2.05, 4.69) is 15.6 Å². The van der Waals surface area contributed by atoms with Crippen LogP contribution in [0, 0.1) is 0 Å². The molecular formula is C22H23N3O3. The molecule has 0 fully saturated rings. The summed E-state index contributed by atoms with van der Waals surface area (Å²) in [6, 6.07) is 19.0. The molecule has 0 unspecified atom stereocenters. The molecular weight excluding hydrogens is 354 g/mol. The SMILES string of the molecule is COc1ccc(Nc2ccnc(C(=O)NCCc3ccccc3)c2)c(OC)c1. The van der Waals surface area contributed by atoms with Crippen molar-refractivity contribution in [1.29, 1.82) is 0 Å². The van der Waals surface area contributed by atoms with E-state index in [1.807, 2.05) is 42.5 Å². The van der Waals surface area contributed by atoms with E-state index in [0.717, 1.165) is 17.8 Å². The van der Waals surface area contributed by atoms with E-state index in [4.69, 9.17) is 9.47 Å². The van der Waals surface area contributed by atoms with Crippen molar-refractivity contribution in [3.8, 4) is 11.5 Å². The predicted octanol–water partition coefficient (Wildman–Crippen LogP) is 3.81. The Bertz CT molecular complexity index is 929. The molecule has 2 N–H and O–H groups in total. The van der Waals surface area contributed by atoms with Crippen molar-refractivity contribution in [2.24, 2.45) is 0 Å². The van der Waals surface area contributed by atoms with Crippen molar-refractivity contribution < 1.29 is 14.3 Å². The fourth-order valence-corrected chi connectivity index (χ4v) is 2.75. The summed E-state index contributed by atoms with van der Waals surface area (Å²) in [5.74, 6) is 1.14. The van der Waals surface area contributed by atoms with E-state index in [1.54, 1.807) is 38.6 Å². The van der Waals surface area contributed by atoms with Gasteiger partial charge >= 0.3 is 0 Å². The van der Waals surface area contributed by atoms with Gasteiger partial charge in [0.05, 0.1) is 19.9 Å². The minimum atomic E-state index is -0.207. The summed E-state index contributed by atoms with van der Waals surface area (Å²) in [5, 5.41) is 6.16. The molecule has 0 aliphatic carbocycles. The number of carbonyl (C=O) groups is 1. The van der Waals surface area contributed by atoms with E-state index in [9.17, 15) is 4.79 Å².